The predicted octanol–water partition coefficient (Wildman–Crippen LogP) is 3.44. The zero-order chi connectivity index (χ0) is 12.4. The van der Waals surface area contributed by atoms with Crippen molar-refractivity contribution in [3.05, 3.63) is 47.0 Å². The fourth-order valence-electron chi connectivity index (χ4n) is 3.07. The minimum absolute atomic E-state index is 0.110. The summed E-state index contributed by atoms with van der Waals surface area (Å²) in [7, 11) is 0. The largest absolute Gasteiger partial charge is 0.386 e. The third-order valence-corrected chi connectivity index (χ3v) is 4.82. The van der Waals surface area contributed by atoms with Crippen molar-refractivity contribution in [3.8, 4) is 0 Å². The van der Waals surface area contributed by atoms with Gasteiger partial charge < -0.3 is 5.73 Å². The van der Waals surface area contributed by atoms with Gasteiger partial charge in [0.25, 0.3) is 0 Å². The van der Waals surface area contributed by atoms with Crippen molar-refractivity contribution in [2.24, 2.45) is 10.7 Å². The first-order chi connectivity index (χ1) is 8.81. The lowest BCUT2D eigenvalue weighted by atomic mass is 9.76. The Morgan fingerprint density at radius 2 is 1.83 bits per heavy atom. The number of rotatable bonds is 2. The predicted molar refractivity (Wildman–Crippen MR) is 78.8 cm³/mol. The number of hydrogen-bond acceptors (Lipinski definition) is 3. The van der Waals surface area contributed by atoms with Crippen LogP contribution in [0.3, 0.4) is 0 Å². The Labute approximate surface area is 112 Å². The maximum atomic E-state index is 5.92. The van der Waals surface area contributed by atoms with Crippen molar-refractivity contribution in [1.82, 2.24) is 0 Å². The van der Waals surface area contributed by atoms with Gasteiger partial charge in [0, 0.05) is 5.41 Å². The van der Waals surface area contributed by atoms with E-state index in [2.05, 4.69) is 40.7 Å². The normalized spacial score (nSPS) is 22.4. The summed E-state index contributed by atoms with van der Waals surface area (Å²) in [6.07, 6.45) is 4.96. The van der Waals surface area contributed by atoms with Crippen LogP contribution in [-0.4, -0.2) is 11.6 Å². The summed E-state index contributed by atoms with van der Waals surface area (Å²) in [6, 6.07) is 10.8. The van der Waals surface area contributed by atoms with Crippen molar-refractivity contribution in [2.45, 2.75) is 31.1 Å². The zero-order valence-electron chi connectivity index (χ0n) is 10.4. The molecule has 1 saturated carbocycles. The molecule has 0 bridgehead atoms. The van der Waals surface area contributed by atoms with E-state index >= 15 is 0 Å². The molecule has 0 radical (unpaired) electrons. The molecule has 0 unspecified atom stereocenters. The van der Waals surface area contributed by atoms with Gasteiger partial charge in [-0.05, 0) is 23.8 Å². The van der Waals surface area contributed by atoms with Gasteiger partial charge in [0.05, 0.1) is 11.4 Å². The van der Waals surface area contributed by atoms with E-state index in [9.17, 15) is 0 Å². The lowest BCUT2D eigenvalue weighted by Crippen LogP contribution is -2.28. The third kappa shape index (κ3) is 1.97. The van der Waals surface area contributed by atoms with E-state index in [0.29, 0.717) is 0 Å². The summed E-state index contributed by atoms with van der Waals surface area (Å²) in [5, 5.41) is 2.22. The van der Waals surface area contributed by atoms with Crippen molar-refractivity contribution in [2.75, 3.05) is 5.75 Å². The van der Waals surface area contributed by atoms with Gasteiger partial charge in [-0.2, -0.15) is 0 Å². The molecule has 2 nitrogen and oxygen atoms in total. The molecule has 2 N–H and O–H groups in total. The topological polar surface area (TPSA) is 38.4 Å². The van der Waals surface area contributed by atoms with E-state index < -0.39 is 0 Å². The molecule has 18 heavy (non-hydrogen) atoms. The van der Waals surface area contributed by atoms with Crippen LogP contribution in [0.15, 0.2) is 46.4 Å². The fourth-order valence-corrected chi connectivity index (χ4v) is 3.82. The van der Waals surface area contributed by atoms with Crippen LogP contribution in [0.25, 0.3) is 0 Å². The number of nitrogens with zero attached hydrogens (tertiary/aromatic N) is 1. The molecule has 1 aromatic carbocycles. The van der Waals surface area contributed by atoms with E-state index in [1.807, 2.05) is 0 Å². The highest BCUT2D eigenvalue weighted by molar-refractivity contribution is 8.02. The number of hydrogen-bond donors (Lipinski definition) is 1. The molecule has 0 amide bonds. The smallest absolute Gasteiger partial charge is 0.110 e. The standard InChI is InChI=1S/C15H18N2S/c16-14-11-18-10-13(17-14)15(8-4-5-9-15)12-6-2-1-3-7-12/h1-3,6-7,10H,4-5,8-9,11H2,(H2,16,17). The summed E-state index contributed by atoms with van der Waals surface area (Å²) in [6.45, 7) is 0. The first-order valence-corrected chi connectivity index (χ1v) is 7.57. The molecule has 1 aliphatic heterocycles. The average Bonchev–Trinajstić information content (AvgIpc) is 2.90. The lowest BCUT2D eigenvalue weighted by molar-refractivity contribution is 0.517. The van der Waals surface area contributed by atoms with Crippen LogP contribution >= 0.6 is 11.8 Å². The Balaban J connectivity index is 2.05. The second kappa shape index (κ2) is 4.81. The lowest BCUT2D eigenvalue weighted by Gasteiger charge is -2.31. The highest BCUT2D eigenvalue weighted by Gasteiger charge is 2.39. The Bertz CT molecular complexity index is 484. The maximum Gasteiger partial charge on any atom is 0.110 e. The van der Waals surface area contributed by atoms with Crippen LogP contribution in [0.1, 0.15) is 31.2 Å². The molecule has 0 spiro atoms. The summed E-state index contributed by atoms with van der Waals surface area (Å²) in [4.78, 5) is 4.65. The van der Waals surface area contributed by atoms with Crippen LogP contribution in [-0.2, 0) is 5.41 Å². The van der Waals surface area contributed by atoms with Gasteiger partial charge in [-0.3, -0.25) is 0 Å². The molecule has 3 rings (SSSR count). The van der Waals surface area contributed by atoms with E-state index in [1.165, 1.54) is 36.9 Å². The minimum Gasteiger partial charge on any atom is -0.386 e. The minimum atomic E-state index is 0.110. The number of allylic oxidation sites excluding steroid dienone is 1. The van der Waals surface area contributed by atoms with E-state index in [0.717, 1.165) is 11.6 Å². The van der Waals surface area contributed by atoms with Gasteiger partial charge >= 0.3 is 0 Å². The van der Waals surface area contributed by atoms with E-state index in [4.69, 9.17) is 5.73 Å². The van der Waals surface area contributed by atoms with Crippen LogP contribution in [0.4, 0.5) is 0 Å². The van der Waals surface area contributed by atoms with E-state index in [1.54, 1.807) is 11.8 Å². The average molecular weight is 258 g/mol. The van der Waals surface area contributed by atoms with Crippen molar-refractivity contribution < 1.29 is 0 Å². The van der Waals surface area contributed by atoms with Gasteiger partial charge in [-0.1, -0.05) is 43.2 Å². The first kappa shape index (κ1) is 11.8. The van der Waals surface area contributed by atoms with Gasteiger partial charge in [0.15, 0.2) is 0 Å². The van der Waals surface area contributed by atoms with Crippen molar-refractivity contribution in [3.63, 3.8) is 0 Å². The molecule has 1 fully saturated rings. The Kier molecular flexibility index (Phi) is 3.16. The molecule has 0 saturated heterocycles. The highest BCUT2D eigenvalue weighted by Crippen LogP contribution is 2.48. The number of thioether (sulfide) groups is 1. The molecule has 0 atom stereocenters. The van der Waals surface area contributed by atoms with Crippen molar-refractivity contribution in [1.29, 1.82) is 0 Å². The zero-order valence-corrected chi connectivity index (χ0v) is 11.2. The first-order valence-electron chi connectivity index (χ1n) is 6.52. The fraction of sp³-hybridized carbons (Fsp3) is 0.400. The highest BCUT2D eigenvalue weighted by atomic mass is 32.2. The van der Waals surface area contributed by atoms with Crippen LogP contribution in [0.2, 0.25) is 0 Å². The second-order valence-corrected chi connectivity index (χ2v) is 5.93. The molecule has 94 valence electrons. The number of amidine groups is 1. The molecule has 1 aliphatic carbocycles. The summed E-state index contributed by atoms with van der Waals surface area (Å²) in [5.41, 5.74) is 8.61. The van der Waals surface area contributed by atoms with Crippen LogP contribution in [0, 0.1) is 0 Å². The molecular formula is C15H18N2S. The van der Waals surface area contributed by atoms with Gasteiger partial charge in [0.1, 0.15) is 5.84 Å². The van der Waals surface area contributed by atoms with Crippen molar-refractivity contribution >= 4 is 17.6 Å². The van der Waals surface area contributed by atoms with Gasteiger partial charge in [-0.25, -0.2) is 4.99 Å². The third-order valence-electron chi connectivity index (χ3n) is 3.96. The summed E-state index contributed by atoms with van der Waals surface area (Å²) in [5.74, 6) is 1.59. The Morgan fingerprint density at radius 3 is 2.50 bits per heavy atom. The molecule has 1 heterocycles. The quantitative estimate of drug-likeness (QED) is 0.882. The molecule has 0 aromatic heterocycles. The second-order valence-electron chi connectivity index (χ2n) is 5.07. The van der Waals surface area contributed by atoms with Crippen LogP contribution in [0.5, 0.6) is 0 Å². The molecule has 3 heteroatoms. The van der Waals surface area contributed by atoms with Gasteiger partial charge in [-0.15, -0.1) is 11.8 Å². The molecular weight excluding hydrogens is 240 g/mol. The molecule has 2 aliphatic rings. The van der Waals surface area contributed by atoms with Crippen LogP contribution < -0.4 is 5.73 Å². The van der Waals surface area contributed by atoms with E-state index in [-0.39, 0.29) is 5.41 Å². The summed E-state index contributed by atoms with van der Waals surface area (Å²) >= 11 is 1.77. The number of aliphatic imine (C=N–C) groups is 1. The number of nitrogens with two attached hydrogens (primary N) is 1. The maximum absolute atomic E-state index is 5.92. The van der Waals surface area contributed by atoms with Gasteiger partial charge in [0.2, 0.25) is 0 Å². The Hall–Kier alpha value is -1.22. The summed E-state index contributed by atoms with van der Waals surface area (Å²) < 4.78 is 0. The molecule has 1 aromatic rings. The monoisotopic (exact) mass is 258 g/mol. The Morgan fingerprint density at radius 1 is 1.11 bits per heavy atom. The SMILES string of the molecule is NC1=NC(C2(c3ccccc3)CCCC2)=CSC1. The number of benzene rings is 1.